The van der Waals surface area contributed by atoms with Crippen LogP contribution >= 0.6 is 0 Å². The van der Waals surface area contributed by atoms with E-state index < -0.39 is 5.97 Å². The van der Waals surface area contributed by atoms with Crippen LogP contribution in [0.2, 0.25) is 0 Å². The van der Waals surface area contributed by atoms with Gasteiger partial charge in [-0.2, -0.15) is 0 Å². The second kappa shape index (κ2) is 5.17. The number of pyridine rings is 1. The maximum atomic E-state index is 11.0. The minimum absolute atomic E-state index is 0.0906. The van der Waals surface area contributed by atoms with E-state index in [0.717, 1.165) is 0 Å². The molecule has 1 heterocycles. The second-order valence-electron chi connectivity index (χ2n) is 5.20. The van der Waals surface area contributed by atoms with Gasteiger partial charge in [0.2, 0.25) is 0 Å². The molecule has 0 spiro atoms. The van der Waals surface area contributed by atoms with Crippen molar-refractivity contribution in [2.45, 2.75) is 27.7 Å². The van der Waals surface area contributed by atoms with E-state index in [1.54, 1.807) is 18.3 Å². The van der Waals surface area contributed by atoms with Gasteiger partial charge in [-0.3, -0.25) is 0 Å². The number of hydrogen-bond acceptors (Lipinski definition) is 3. The second-order valence-corrected chi connectivity index (χ2v) is 5.20. The van der Waals surface area contributed by atoms with Crippen LogP contribution in [0.3, 0.4) is 0 Å². The average molecular weight is 236 g/mol. The Morgan fingerprint density at radius 1 is 1.53 bits per heavy atom. The number of nitrogens with one attached hydrogen (secondary N) is 1. The van der Waals surface area contributed by atoms with Crippen molar-refractivity contribution < 1.29 is 9.90 Å². The summed E-state index contributed by atoms with van der Waals surface area (Å²) < 4.78 is 0. The fourth-order valence-electron chi connectivity index (χ4n) is 1.23. The zero-order chi connectivity index (χ0) is 13.1. The molecule has 2 N–H and O–H groups in total. The van der Waals surface area contributed by atoms with Gasteiger partial charge in [0.25, 0.3) is 0 Å². The number of hydrogen-bond donors (Lipinski definition) is 2. The monoisotopic (exact) mass is 236 g/mol. The molecule has 0 fully saturated rings. The molecule has 0 bridgehead atoms. The molecule has 94 valence electrons. The van der Waals surface area contributed by atoms with Crippen molar-refractivity contribution in [2.24, 2.45) is 11.3 Å². The number of aromatic nitrogens is 1. The van der Waals surface area contributed by atoms with Gasteiger partial charge in [-0.15, -0.1) is 0 Å². The summed E-state index contributed by atoms with van der Waals surface area (Å²) in [5.74, 6) is -0.0105. The zero-order valence-electron chi connectivity index (χ0n) is 10.8. The lowest BCUT2D eigenvalue weighted by Gasteiger charge is -2.29. The quantitative estimate of drug-likeness (QED) is 0.825. The fraction of sp³-hybridized carbons (Fsp3) is 0.538. The molecular weight excluding hydrogens is 216 g/mol. The first kappa shape index (κ1) is 13.5. The maximum Gasteiger partial charge on any atom is 0.339 e. The predicted molar refractivity (Wildman–Crippen MR) is 68.3 cm³/mol. The molecule has 0 atom stereocenters. The van der Waals surface area contributed by atoms with Crippen molar-refractivity contribution in [1.29, 1.82) is 0 Å². The lowest BCUT2D eigenvalue weighted by Crippen LogP contribution is -2.29. The average Bonchev–Trinajstić information content (AvgIpc) is 2.26. The molecule has 0 unspecified atom stereocenters. The summed E-state index contributed by atoms with van der Waals surface area (Å²) in [6.45, 7) is 9.29. The Balaban J connectivity index is 2.79. The number of nitrogens with zero attached hydrogens (tertiary/aromatic N) is 1. The van der Waals surface area contributed by atoms with Crippen LogP contribution in [0.25, 0.3) is 0 Å². The lowest BCUT2D eigenvalue weighted by atomic mass is 9.81. The topological polar surface area (TPSA) is 62.2 Å². The largest absolute Gasteiger partial charge is 0.478 e. The van der Waals surface area contributed by atoms with Gasteiger partial charge in [0.1, 0.15) is 11.4 Å². The van der Waals surface area contributed by atoms with Crippen LogP contribution in [-0.4, -0.2) is 22.6 Å². The SMILES string of the molecule is CC(C)C(C)(C)CNc1ncccc1C(=O)O. The van der Waals surface area contributed by atoms with E-state index in [1.165, 1.54) is 0 Å². The maximum absolute atomic E-state index is 11.0. The molecule has 4 heteroatoms. The third kappa shape index (κ3) is 3.44. The summed E-state index contributed by atoms with van der Waals surface area (Å²) in [7, 11) is 0. The molecule has 0 aromatic carbocycles. The van der Waals surface area contributed by atoms with E-state index in [9.17, 15) is 4.79 Å². The highest BCUT2D eigenvalue weighted by Crippen LogP contribution is 2.26. The number of carbonyl (C=O) groups is 1. The molecule has 17 heavy (non-hydrogen) atoms. The zero-order valence-corrected chi connectivity index (χ0v) is 10.8. The molecule has 1 rings (SSSR count). The Morgan fingerprint density at radius 2 is 2.18 bits per heavy atom. The highest BCUT2D eigenvalue weighted by atomic mass is 16.4. The molecule has 0 aliphatic carbocycles. The van der Waals surface area contributed by atoms with Crippen molar-refractivity contribution in [2.75, 3.05) is 11.9 Å². The van der Waals surface area contributed by atoms with Gasteiger partial charge in [0.15, 0.2) is 0 Å². The van der Waals surface area contributed by atoms with Crippen LogP contribution < -0.4 is 5.32 Å². The molecule has 0 amide bonds. The lowest BCUT2D eigenvalue weighted by molar-refractivity contribution is 0.0697. The van der Waals surface area contributed by atoms with Crippen LogP contribution in [0, 0.1) is 11.3 Å². The third-order valence-electron chi connectivity index (χ3n) is 3.31. The van der Waals surface area contributed by atoms with E-state index in [-0.39, 0.29) is 11.0 Å². The van der Waals surface area contributed by atoms with E-state index in [0.29, 0.717) is 18.3 Å². The molecule has 0 aliphatic heterocycles. The van der Waals surface area contributed by atoms with E-state index >= 15 is 0 Å². The summed E-state index contributed by atoms with van der Waals surface area (Å²) in [5.41, 5.74) is 0.305. The van der Waals surface area contributed by atoms with Crippen LogP contribution in [0.15, 0.2) is 18.3 Å². The van der Waals surface area contributed by atoms with Gasteiger partial charge in [-0.25, -0.2) is 9.78 Å². The first-order valence-electron chi connectivity index (χ1n) is 5.77. The smallest absolute Gasteiger partial charge is 0.339 e. The van der Waals surface area contributed by atoms with Gasteiger partial charge in [-0.1, -0.05) is 27.7 Å². The Morgan fingerprint density at radius 3 is 2.71 bits per heavy atom. The van der Waals surface area contributed by atoms with Crippen LogP contribution in [0.1, 0.15) is 38.1 Å². The van der Waals surface area contributed by atoms with Crippen molar-refractivity contribution in [3.63, 3.8) is 0 Å². The molecular formula is C13H20N2O2. The van der Waals surface area contributed by atoms with Gasteiger partial charge >= 0.3 is 5.97 Å². The molecule has 0 saturated carbocycles. The number of rotatable bonds is 5. The molecule has 0 radical (unpaired) electrons. The first-order valence-corrected chi connectivity index (χ1v) is 5.77. The van der Waals surface area contributed by atoms with E-state index in [1.807, 2.05) is 0 Å². The van der Waals surface area contributed by atoms with Gasteiger partial charge in [-0.05, 0) is 23.5 Å². The van der Waals surface area contributed by atoms with Crippen molar-refractivity contribution in [3.05, 3.63) is 23.9 Å². The Bertz CT molecular complexity index is 400. The van der Waals surface area contributed by atoms with Crippen molar-refractivity contribution >= 4 is 11.8 Å². The van der Waals surface area contributed by atoms with Gasteiger partial charge in [0.05, 0.1) is 0 Å². The van der Waals surface area contributed by atoms with Crippen LogP contribution in [-0.2, 0) is 0 Å². The van der Waals surface area contributed by atoms with Crippen molar-refractivity contribution in [3.8, 4) is 0 Å². The molecule has 0 saturated heterocycles. The van der Waals surface area contributed by atoms with Crippen LogP contribution in [0.5, 0.6) is 0 Å². The van der Waals surface area contributed by atoms with Crippen molar-refractivity contribution in [1.82, 2.24) is 4.98 Å². The molecule has 1 aromatic heterocycles. The Hall–Kier alpha value is -1.58. The normalized spacial score (nSPS) is 11.6. The summed E-state index contributed by atoms with van der Waals surface area (Å²) in [6, 6.07) is 3.18. The summed E-state index contributed by atoms with van der Waals surface area (Å²) in [4.78, 5) is 15.1. The molecule has 1 aromatic rings. The Labute approximate surface area is 102 Å². The van der Waals surface area contributed by atoms with E-state index in [2.05, 4.69) is 38.0 Å². The number of aromatic carboxylic acids is 1. The number of carboxylic acid groups (broad SMARTS) is 1. The summed E-state index contributed by atoms with van der Waals surface area (Å²) >= 11 is 0. The number of carboxylic acids is 1. The van der Waals surface area contributed by atoms with Gasteiger partial charge < -0.3 is 10.4 Å². The fourth-order valence-corrected chi connectivity index (χ4v) is 1.23. The molecule has 4 nitrogen and oxygen atoms in total. The number of anilines is 1. The Kier molecular flexibility index (Phi) is 4.10. The molecule has 0 aliphatic rings. The summed E-state index contributed by atoms with van der Waals surface area (Å²) in [6.07, 6.45) is 1.59. The predicted octanol–water partition coefficient (Wildman–Crippen LogP) is 2.87. The van der Waals surface area contributed by atoms with Crippen LogP contribution in [0.4, 0.5) is 5.82 Å². The van der Waals surface area contributed by atoms with E-state index in [4.69, 9.17) is 5.11 Å². The highest BCUT2D eigenvalue weighted by Gasteiger charge is 2.23. The minimum atomic E-state index is -0.956. The third-order valence-corrected chi connectivity index (χ3v) is 3.31. The first-order chi connectivity index (χ1) is 7.84. The highest BCUT2D eigenvalue weighted by molar-refractivity contribution is 5.92. The minimum Gasteiger partial charge on any atom is -0.478 e. The summed E-state index contributed by atoms with van der Waals surface area (Å²) in [5, 5.41) is 12.1. The van der Waals surface area contributed by atoms with Gasteiger partial charge in [0, 0.05) is 12.7 Å². The standard InChI is InChI=1S/C13H20N2O2/c1-9(2)13(3,4)8-15-11-10(12(16)17)6-5-7-14-11/h5-7,9H,8H2,1-4H3,(H,14,15)(H,16,17).